The Bertz CT molecular complexity index is 147. The van der Waals surface area contributed by atoms with E-state index < -0.39 is 0 Å². The smallest absolute Gasteiger partial charge is 0.00744 e. The number of hydrogen-bond acceptors (Lipinski definition) is 1. The summed E-state index contributed by atoms with van der Waals surface area (Å²) in [6, 6.07) is 0. The monoisotopic (exact) mass is 203 g/mol. The van der Waals surface area contributed by atoms with Crippen LogP contribution >= 0.6 is 12.4 Å². The van der Waals surface area contributed by atoms with E-state index in [0.29, 0.717) is 5.92 Å². The lowest BCUT2D eigenvalue weighted by molar-refractivity contribution is 0.485. The van der Waals surface area contributed by atoms with Gasteiger partial charge in [-0.1, -0.05) is 11.1 Å². The van der Waals surface area contributed by atoms with Crippen molar-refractivity contribution < 1.29 is 0 Å². The molecule has 0 aromatic rings. The minimum atomic E-state index is 0. The summed E-state index contributed by atoms with van der Waals surface area (Å²) in [6.07, 6.45) is 3.26. The van der Waals surface area contributed by atoms with Crippen LogP contribution in [-0.2, 0) is 0 Å². The zero-order valence-electron chi connectivity index (χ0n) is 8.81. The topological polar surface area (TPSA) is 26.0 Å². The van der Waals surface area contributed by atoms with Crippen LogP contribution in [0.25, 0.3) is 0 Å². The van der Waals surface area contributed by atoms with E-state index in [0.717, 1.165) is 25.8 Å². The molecular formula is C11H22ClN. The SMILES string of the molecule is C=C(C)CC(CCN)CC(=C)C.Cl. The molecule has 0 bridgehead atoms. The highest BCUT2D eigenvalue weighted by atomic mass is 35.5. The first-order chi connectivity index (χ1) is 5.56. The first-order valence-corrected chi connectivity index (χ1v) is 4.55. The minimum absolute atomic E-state index is 0. The lowest BCUT2D eigenvalue weighted by Gasteiger charge is -2.15. The molecule has 0 rings (SSSR count). The van der Waals surface area contributed by atoms with Gasteiger partial charge in [-0.2, -0.15) is 0 Å². The lowest BCUT2D eigenvalue weighted by Crippen LogP contribution is -2.09. The van der Waals surface area contributed by atoms with E-state index in [9.17, 15) is 0 Å². The summed E-state index contributed by atoms with van der Waals surface area (Å²) < 4.78 is 0. The maximum Gasteiger partial charge on any atom is -0.00744 e. The molecule has 0 aliphatic heterocycles. The third kappa shape index (κ3) is 9.65. The summed E-state index contributed by atoms with van der Waals surface area (Å²) in [5.41, 5.74) is 8.01. The van der Waals surface area contributed by atoms with Gasteiger partial charge in [0, 0.05) is 0 Å². The van der Waals surface area contributed by atoms with Crippen molar-refractivity contribution in [2.75, 3.05) is 6.54 Å². The summed E-state index contributed by atoms with van der Waals surface area (Å²) >= 11 is 0. The summed E-state index contributed by atoms with van der Waals surface area (Å²) in [5.74, 6) is 0.657. The molecule has 0 saturated heterocycles. The van der Waals surface area contributed by atoms with Crippen molar-refractivity contribution in [2.24, 2.45) is 11.7 Å². The Morgan fingerprint density at radius 2 is 1.54 bits per heavy atom. The third-order valence-electron chi connectivity index (χ3n) is 1.85. The second-order valence-electron chi connectivity index (χ2n) is 3.77. The Hall–Kier alpha value is -0.270. The van der Waals surface area contributed by atoms with Crippen LogP contribution in [0.2, 0.25) is 0 Å². The van der Waals surface area contributed by atoms with E-state index in [1.165, 1.54) is 11.1 Å². The number of rotatable bonds is 6. The zero-order chi connectivity index (χ0) is 9.56. The van der Waals surface area contributed by atoms with Gasteiger partial charge in [0.15, 0.2) is 0 Å². The first kappa shape index (κ1) is 15.2. The summed E-state index contributed by atoms with van der Waals surface area (Å²) in [7, 11) is 0. The Balaban J connectivity index is 0. The molecule has 78 valence electrons. The number of hydrogen-bond donors (Lipinski definition) is 1. The van der Waals surface area contributed by atoms with Crippen molar-refractivity contribution in [1.29, 1.82) is 0 Å². The van der Waals surface area contributed by atoms with Gasteiger partial charge in [0.1, 0.15) is 0 Å². The molecule has 0 heterocycles. The van der Waals surface area contributed by atoms with E-state index in [4.69, 9.17) is 5.73 Å². The van der Waals surface area contributed by atoms with Crippen molar-refractivity contribution in [3.05, 3.63) is 24.3 Å². The van der Waals surface area contributed by atoms with E-state index in [-0.39, 0.29) is 12.4 Å². The quantitative estimate of drug-likeness (QED) is 0.659. The van der Waals surface area contributed by atoms with E-state index in [2.05, 4.69) is 27.0 Å². The maximum atomic E-state index is 5.52. The van der Waals surface area contributed by atoms with E-state index in [1.807, 2.05) is 0 Å². The molecule has 0 aromatic heterocycles. The molecule has 13 heavy (non-hydrogen) atoms. The summed E-state index contributed by atoms with van der Waals surface area (Å²) in [4.78, 5) is 0. The largest absolute Gasteiger partial charge is 0.330 e. The zero-order valence-corrected chi connectivity index (χ0v) is 9.62. The maximum absolute atomic E-state index is 5.52. The van der Waals surface area contributed by atoms with Gasteiger partial charge in [0.25, 0.3) is 0 Å². The lowest BCUT2D eigenvalue weighted by atomic mass is 9.91. The molecule has 1 nitrogen and oxygen atoms in total. The number of nitrogens with two attached hydrogens (primary N) is 1. The first-order valence-electron chi connectivity index (χ1n) is 4.55. The number of allylic oxidation sites excluding steroid dienone is 2. The van der Waals surface area contributed by atoms with Crippen molar-refractivity contribution in [2.45, 2.75) is 33.1 Å². The van der Waals surface area contributed by atoms with Crippen LogP contribution in [0, 0.1) is 5.92 Å². The van der Waals surface area contributed by atoms with Gasteiger partial charge in [0.05, 0.1) is 0 Å². The molecule has 0 atom stereocenters. The van der Waals surface area contributed by atoms with Gasteiger partial charge in [0.2, 0.25) is 0 Å². The van der Waals surface area contributed by atoms with Crippen molar-refractivity contribution in [1.82, 2.24) is 0 Å². The fourth-order valence-corrected chi connectivity index (χ4v) is 1.50. The Labute approximate surface area is 88.5 Å². The van der Waals surface area contributed by atoms with Gasteiger partial charge < -0.3 is 5.73 Å². The van der Waals surface area contributed by atoms with Gasteiger partial charge in [-0.3, -0.25) is 0 Å². The molecule has 0 unspecified atom stereocenters. The van der Waals surface area contributed by atoms with Crippen molar-refractivity contribution in [3.63, 3.8) is 0 Å². The number of halogens is 1. The molecule has 0 saturated carbocycles. The Morgan fingerprint density at radius 1 is 1.15 bits per heavy atom. The van der Waals surface area contributed by atoms with Gasteiger partial charge in [-0.15, -0.1) is 25.6 Å². The van der Waals surface area contributed by atoms with Crippen molar-refractivity contribution in [3.8, 4) is 0 Å². The van der Waals surface area contributed by atoms with Crippen LogP contribution in [-0.4, -0.2) is 6.54 Å². The van der Waals surface area contributed by atoms with E-state index >= 15 is 0 Å². The summed E-state index contributed by atoms with van der Waals surface area (Å²) in [6.45, 7) is 12.7. The van der Waals surface area contributed by atoms with Crippen LogP contribution < -0.4 is 5.73 Å². The molecule has 0 aliphatic rings. The predicted molar refractivity (Wildman–Crippen MR) is 63.3 cm³/mol. The predicted octanol–water partition coefficient (Wildman–Crippen LogP) is 3.31. The molecule has 0 aliphatic carbocycles. The average molecular weight is 204 g/mol. The Morgan fingerprint density at radius 3 is 1.77 bits per heavy atom. The minimum Gasteiger partial charge on any atom is -0.330 e. The average Bonchev–Trinajstić information content (AvgIpc) is 1.84. The highest BCUT2D eigenvalue weighted by molar-refractivity contribution is 5.85. The standard InChI is InChI=1S/C11H21N.ClH/c1-9(2)7-11(5-6-12)8-10(3)4;/h11H,1,3,5-8,12H2,2,4H3;1H. The second kappa shape index (κ2) is 8.33. The van der Waals surface area contributed by atoms with Crippen LogP contribution in [0.3, 0.4) is 0 Å². The fourth-order valence-electron chi connectivity index (χ4n) is 1.50. The van der Waals surface area contributed by atoms with Gasteiger partial charge in [-0.25, -0.2) is 0 Å². The molecule has 0 fully saturated rings. The van der Waals surface area contributed by atoms with Crippen LogP contribution in [0.15, 0.2) is 24.3 Å². The molecule has 2 N–H and O–H groups in total. The molecule has 0 aromatic carbocycles. The van der Waals surface area contributed by atoms with Gasteiger partial charge in [-0.05, 0) is 45.6 Å². The fraction of sp³-hybridized carbons (Fsp3) is 0.636. The Kier molecular flexibility index (Phi) is 9.75. The normalized spacial score (nSPS) is 9.54. The summed E-state index contributed by atoms with van der Waals surface area (Å²) in [5, 5.41) is 0. The molecule has 0 spiro atoms. The second-order valence-corrected chi connectivity index (χ2v) is 3.77. The van der Waals surface area contributed by atoms with E-state index in [1.54, 1.807) is 0 Å². The highest BCUT2D eigenvalue weighted by Crippen LogP contribution is 2.20. The molecule has 0 radical (unpaired) electrons. The highest BCUT2D eigenvalue weighted by Gasteiger charge is 2.07. The molecule has 0 amide bonds. The van der Waals surface area contributed by atoms with Crippen LogP contribution in [0.1, 0.15) is 33.1 Å². The van der Waals surface area contributed by atoms with Gasteiger partial charge >= 0.3 is 0 Å². The van der Waals surface area contributed by atoms with Crippen LogP contribution in [0.4, 0.5) is 0 Å². The molecule has 2 heteroatoms. The molecular weight excluding hydrogens is 182 g/mol. The van der Waals surface area contributed by atoms with Crippen LogP contribution in [0.5, 0.6) is 0 Å². The third-order valence-corrected chi connectivity index (χ3v) is 1.85. The van der Waals surface area contributed by atoms with Crippen molar-refractivity contribution >= 4 is 12.4 Å².